The second-order valence-corrected chi connectivity index (χ2v) is 5.52. The Morgan fingerprint density at radius 3 is 2.71 bits per heavy atom. The molecule has 0 bridgehead atoms. The van der Waals surface area contributed by atoms with Crippen molar-refractivity contribution in [2.75, 3.05) is 25.0 Å². The van der Waals surface area contributed by atoms with Crippen LogP contribution in [0.25, 0.3) is 0 Å². The Balaban J connectivity index is 2.08. The number of anilines is 1. The standard InChI is InChI=1S/C15H22F3N3/c1-3-13(19-2)14-7-6-12(9-20-14)21-8-4-5-11(10-21)15(16,17)18/h6-7,9,11,13,19H,3-5,8,10H2,1-2H3. The van der Waals surface area contributed by atoms with Crippen LogP contribution in [0.4, 0.5) is 18.9 Å². The Morgan fingerprint density at radius 2 is 2.19 bits per heavy atom. The molecule has 2 unspecified atom stereocenters. The largest absolute Gasteiger partial charge is 0.393 e. The molecule has 3 nitrogen and oxygen atoms in total. The van der Waals surface area contributed by atoms with E-state index in [1.54, 1.807) is 11.1 Å². The number of nitrogens with one attached hydrogen (secondary N) is 1. The molecular weight excluding hydrogens is 279 g/mol. The Kier molecular flexibility index (Phi) is 5.08. The van der Waals surface area contributed by atoms with Crippen LogP contribution in [-0.2, 0) is 0 Å². The predicted octanol–water partition coefficient (Wildman–Crippen LogP) is 3.53. The summed E-state index contributed by atoms with van der Waals surface area (Å²) in [7, 11) is 1.88. The van der Waals surface area contributed by atoms with Crippen molar-refractivity contribution in [3.05, 3.63) is 24.0 Å². The van der Waals surface area contributed by atoms with E-state index in [1.165, 1.54) is 0 Å². The lowest BCUT2D eigenvalue weighted by atomic mass is 9.97. The highest BCUT2D eigenvalue weighted by Gasteiger charge is 2.41. The number of pyridine rings is 1. The average molecular weight is 301 g/mol. The van der Waals surface area contributed by atoms with E-state index in [2.05, 4.69) is 17.2 Å². The summed E-state index contributed by atoms with van der Waals surface area (Å²) < 4.78 is 38.5. The number of aromatic nitrogens is 1. The highest BCUT2D eigenvalue weighted by Crippen LogP contribution is 2.34. The Bertz CT molecular complexity index is 440. The molecule has 2 heterocycles. The van der Waals surface area contributed by atoms with Crippen molar-refractivity contribution in [3.8, 4) is 0 Å². The Morgan fingerprint density at radius 1 is 1.43 bits per heavy atom. The molecule has 2 rings (SSSR count). The lowest BCUT2D eigenvalue weighted by Gasteiger charge is -2.35. The van der Waals surface area contributed by atoms with Gasteiger partial charge in [-0.3, -0.25) is 4.98 Å². The SMILES string of the molecule is CCC(NC)c1ccc(N2CCCC(C(F)(F)F)C2)cn1. The summed E-state index contributed by atoms with van der Waals surface area (Å²) in [5.41, 5.74) is 1.70. The molecule has 1 aromatic heterocycles. The molecule has 0 radical (unpaired) electrons. The first-order valence-corrected chi connectivity index (χ1v) is 7.40. The third kappa shape index (κ3) is 3.87. The minimum Gasteiger partial charge on any atom is -0.370 e. The van der Waals surface area contributed by atoms with Crippen molar-refractivity contribution in [1.82, 2.24) is 10.3 Å². The summed E-state index contributed by atoms with van der Waals surface area (Å²) in [5, 5.41) is 3.17. The van der Waals surface area contributed by atoms with Crippen molar-refractivity contribution in [1.29, 1.82) is 0 Å². The molecule has 0 spiro atoms. The summed E-state index contributed by atoms with van der Waals surface area (Å²) in [6.45, 7) is 2.76. The zero-order valence-electron chi connectivity index (χ0n) is 12.5. The first kappa shape index (κ1) is 16.1. The van der Waals surface area contributed by atoms with E-state index in [4.69, 9.17) is 0 Å². The van der Waals surface area contributed by atoms with E-state index in [0.717, 1.165) is 17.8 Å². The molecule has 1 aliphatic rings. The second-order valence-electron chi connectivity index (χ2n) is 5.52. The molecule has 1 fully saturated rings. The number of hydrogen-bond donors (Lipinski definition) is 1. The summed E-state index contributed by atoms with van der Waals surface area (Å²) in [6, 6.07) is 3.96. The molecule has 21 heavy (non-hydrogen) atoms. The zero-order valence-corrected chi connectivity index (χ0v) is 12.5. The highest BCUT2D eigenvalue weighted by molar-refractivity contribution is 5.45. The first-order valence-electron chi connectivity index (χ1n) is 7.40. The van der Waals surface area contributed by atoms with Gasteiger partial charge in [0.15, 0.2) is 0 Å². The fourth-order valence-electron chi connectivity index (χ4n) is 2.83. The van der Waals surface area contributed by atoms with Crippen LogP contribution in [0.5, 0.6) is 0 Å². The van der Waals surface area contributed by atoms with Gasteiger partial charge < -0.3 is 10.2 Å². The molecule has 1 aliphatic heterocycles. The Hall–Kier alpha value is -1.30. The van der Waals surface area contributed by atoms with Gasteiger partial charge in [-0.05, 0) is 38.4 Å². The summed E-state index contributed by atoms with van der Waals surface area (Å²) in [6.07, 6.45) is -0.703. The maximum atomic E-state index is 12.8. The molecular formula is C15H22F3N3. The van der Waals surface area contributed by atoms with E-state index in [9.17, 15) is 13.2 Å². The maximum Gasteiger partial charge on any atom is 0.393 e. The molecule has 0 aromatic carbocycles. The van der Waals surface area contributed by atoms with E-state index >= 15 is 0 Å². The van der Waals surface area contributed by atoms with Crippen LogP contribution in [0, 0.1) is 5.92 Å². The van der Waals surface area contributed by atoms with Crippen LogP contribution in [-0.4, -0.2) is 31.3 Å². The number of halogens is 3. The quantitative estimate of drug-likeness (QED) is 0.922. The minimum absolute atomic E-state index is 0.0355. The van der Waals surface area contributed by atoms with Crippen LogP contribution in [0.2, 0.25) is 0 Å². The lowest BCUT2D eigenvalue weighted by molar-refractivity contribution is -0.175. The van der Waals surface area contributed by atoms with E-state index in [1.807, 2.05) is 19.2 Å². The molecule has 1 saturated heterocycles. The topological polar surface area (TPSA) is 28.2 Å². The Labute approximate surface area is 123 Å². The molecule has 0 amide bonds. The van der Waals surface area contributed by atoms with Gasteiger partial charge in [0.2, 0.25) is 0 Å². The van der Waals surface area contributed by atoms with E-state index in [-0.39, 0.29) is 19.0 Å². The zero-order chi connectivity index (χ0) is 15.5. The molecule has 118 valence electrons. The number of rotatable bonds is 4. The van der Waals surface area contributed by atoms with Gasteiger partial charge in [-0.2, -0.15) is 13.2 Å². The molecule has 6 heteroatoms. The number of nitrogens with zero attached hydrogens (tertiary/aromatic N) is 2. The second kappa shape index (κ2) is 6.64. The van der Waals surface area contributed by atoms with Gasteiger partial charge >= 0.3 is 6.18 Å². The van der Waals surface area contributed by atoms with Gasteiger partial charge in [0.05, 0.1) is 23.5 Å². The summed E-state index contributed by atoms with van der Waals surface area (Å²) in [5.74, 6) is -1.23. The fourth-order valence-corrected chi connectivity index (χ4v) is 2.83. The van der Waals surface area contributed by atoms with Gasteiger partial charge in [-0.25, -0.2) is 0 Å². The maximum absolute atomic E-state index is 12.8. The van der Waals surface area contributed by atoms with Crippen molar-refractivity contribution in [2.45, 2.75) is 38.4 Å². The average Bonchev–Trinajstić information content (AvgIpc) is 2.48. The third-order valence-electron chi connectivity index (χ3n) is 4.13. The van der Waals surface area contributed by atoms with Crippen molar-refractivity contribution < 1.29 is 13.2 Å². The number of piperidine rings is 1. The van der Waals surface area contributed by atoms with Crippen LogP contribution < -0.4 is 10.2 Å². The van der Waals surface area contributed by atoms with Gasteiger partial charge in [0.1, 0.15) is 0 Å². The minimum atomic E-state index is -4.11. The van der Waals surface area contributed by atoms with Gasteiger partial charge in [0.25, 0.3) is 0 Å². The molecule has 1 N–H and O–H groups in total. The number of alkyl halides is 3. The molecule has 0 saturated carbocycles. The third-order valence-corrected chi connectivity index (χ3v) is 4.13. The monoisotopic (exact) mass is 301 g/mol. The smallest absolute Gasteiger partial charge is 0.370 e. The van der Waals surface area contributed by atoms with Crippen LogP contribution in [0.3, 0.4) is 0 Å². The van der Waals surface area contributed by atoms with Gasteiger partial charge in [-0.15, -0.1) is 0 Å². The predicted molar refractivity (Wildman–Crippen MR) is 77.3 cm³/mol. The summed E-state index contributed by atoms with van der Waals surface area (Å²) in [4.78, 5) is 6.19. The van der Waals surface area contributed by atoms with Crippen LogP contribution in [0.15, 0.2) is 18.3 Å². The fraction of sp³-hybridized carbons (Fsp3) is 0.667. The molecule has 1 aromatic rings. The van der Waals surface area contributed by atoms with Crippen molar-refractivity contribution >= 4 is 5.69 Å². The molecule has 0 aliphatic carbocycles. The normalized spacial score (nSPS) is 21.4. The van der Waals surface area contributed by atoms with Crippen molar-refractivity contribution in [3.63, 3.8) is 0 Å². The lowest BCUT2D eigenvalue weighted by Crippen LogP contribution is -2.41. The first-order chi connectivity index (χ1) is 9.95. The van der Waals surface area contributed by atoms with E-state index < -0.39 is 12.1 Å². The van der Waals surface area contributed by atoms with Gasteiger partial charge in [-0.1, -0.05) is 6.92 Å². The van der Waals surface area contributed by atoms with Gasteiger partial charge in [0, 0.05) is 19.1 Å². The van der Waals surface area contributed by atoms with Crippen LogP contribution >= 0.6 is 0 Å². The molecule has 2 atom stereocenters. The highest BCUT2D eigenvalue weighted by atomic mass is 19.4. The number of hydrogen-bond acceptors (Lipinski definition) is 3. The van der Waals surface area contributed by atoms with E-state index in [0.29, 0.717) is 13.0 Å². The van der Waals surface area contributed by atoms with Crippen molar-refractivity contribution in [2.24, 2.45) is 5.92 Å². The van der Waals surface area contributed by atoms with Crippen LogP contribution in [0.1, 0.15) is 37.9 Å². The summed E-state index contributed by atoms with van der Waals surface area (Å²) >= 11 is 0.